The molecule has 0 bridgehead atoms. The maximum absolute atomic E-state index is 11.9. The molecule has 3 rings (SSSR count). The van der Waals surface area contributed by atoms with Crippen LogP contribution in [0.3, 0.4) is 0 Å². The number of fused-ring (bicyclic) bond motifs is 1. The molecular weight excluding hydrogens is 262 g/mol. The van der Waals surface area contributed by atoms with Gasteiger partial charge in [-0.05, 0) is 18.4 Å². The maximum Gasteiger partial charge on any atom is 0.220 e. The standard InChI is InChI=1S/C13H19N3O4/c17-10-7-20-12-9(6-19-13(10)12)16-11(18)3-1-2-8-4-14-15-5-8/h4-5,9-10,12-13,17H,1-3,6-7H2,(H,14,15)(H,16,18)/t9-,10-,12-,13-/m1/s1. The molecule has 7 nitrogen and oxygen atoms in total. The normalized spacial score (nSPS) is 32.2. The number of nitrogens with zero attached hydrogens (tertiary/aromatic N) is 1. The molecule has 110 valence electrons. The molecule has 20 heavy (non-hydrogen) atoms. The Bertz CT molecular complexity index is 450. The largest absolute Gasteiger partial charge is 0.388 e. The molecule has 2 aliphatic heterocycles. The second-order valence-corrected chi connectivity index (χ2v) is 5.30. The highest BCUT2D eigenvalue weighted by Crippen LogP contribution is 2.26. The number of hydrogen-bond acceptors (Lipinski definition) is 5. The van der Waals surface area contributed by atoms with E-state index in [0.29, 0.717) is 13.0 Å². The van der Waals surface area contributed by atoms with Crippen LogP contribution in [0.1, 0.15) is 18.4 Å². The summed E-state index contributed by atoms with van der Waals surface area (Å²) in [5, 5.41) is 19.2. The molecule has 0 aliphatic carbocycles. The smallest absolute Gasteiger partial charge is 0.220 e. The van der Waals surface area contributed by atoms with Crippen LogP contribution < -0.4 is 5.32 Å². The molecule has 0 saturated carbocycles. The molecule has 0 unspecified atom stereocenters. The van der Waals surface area contributed by atoms with Crippen molar-refractivity contribution in [2.45, 2.75) is 43.6 Å². The zero-order chi connectivity index (χ0) is 13.9. The molecule has 2 aliphatic rings. The van der Waals surface area contributed by atoms with Crippen LogP contribution in [-0.4, -0.2) is 58.8 Å². The van der Waals surface area contributed by atoms with Crippen molar-refractivity contribution >= 4 is 5.91 Å². The third-order valence-electron chi connectivity index (χ3n) is 3.80. The SMILES string of the molecule is O=C(CCCc1cn[nH]c1)N[C@@H]1CO[C@H]2[C@@H]1OC[C@H]2O. The first-order valence-electron chi connectivity index (χ1n) is 6.92. The molecule has 2 fully saturated rings. The first-order chi connectivity index (χ1) is 9.74. The topological polar surface area (TPSA) is 96.5 Å². The Morgan fingerprint density at radius 1 is 1.45 bits per heavy atom. The van der Waals surface area contributed by atoms with E-state index in [0.717, 1.165) is 18.4 Å². The number of amides is 1. The third-order valence-corrected chi connectivity index (χ3v) is 3.80. The van der Waals surface area contributed by atoms with E-state index >= 15 is 0 Å². The van der Waals surface area contributed by atoms with E-state index in [1.54, 1.807) is 6.20 Å². The van der Waals surface area contributed by atoms with Crippen molar-refractivity contribution in [3.05, 3.63) is 18.0 Å². The summed E-state index contributed by atoms with van der Waals surface area (Å²) in [5.74, 6) is -0.00673. The molecule has 4 atom stereocenters. The summed E-state index contributed by atoms with van der Waals surface area (Å²) >= 11 is 0. The first-order valence-corrected chi connectivity index (χ1v) is 6.92. The summed E-state index contributed by atoms with van der Waals surface area (Å²) in [4.78, 5) is 11.9. The van der Waals surface area contributed by atoms with Gasteiger partial charge < -0.3 is 19.9 Å². The van der Waals surface area contributed by atoms with Crippen molar-refractivity contribution in [3.8, 4) is 0 Å². The summed E-state index contributed by atoms with van der Waals surface area (Å²) in [6, 6.07) is -0.154. The van der Waals surface area contributed by atoms with E-state index in [-0.39, 0.29) is 30.8 Å². The lowest BCUT2D eigenvalue weighted by molar-refractivity contribution is -0.122. The van der Waals surface area contributed by atoms with Gasteiger partial charge in [0.25, 0.3) is 0 Å². The lowest BCUT2D eigenvalue weighted by Crippen LogP contribution is -2.44. The Labute approximate surface area is 116 Å². The zero-order valence-corrected chi connectivity index (χ0v) is 11.1. The third kappa shape index (κ3) is 2.84. The zero-order valence-electron chi connectivity index (χ0n) is 11.1. The van der Waals surface area contributed by atoms with Gasteiger partial charge in [0.05, 0.1) is 25.5 Å². The van der Waals surface area contributed by atoms with Crippen LogP contribution in [0.5, 0.6) is 0 Å². The van der Waals surface area contributed by atoms with Crippen LogP contribution >= 0.6 is 0 Å². The van der Waals surface area contributed by atoms with Crippen molar-refractivity contribution in [2.24, 2.45) is 0 Å². The minimum atomic E-state index is -0.581. The van der Waals surface area contributed by atoms with Crippen molar-refractivity contribution in [1.29, 1.82) is 0 Å². The monoisotopic (exact) mass is 281 g/mol. The number of aryl methyl sites for hydroxylation is 1. The number of nitrogens with one attached hydrogen (secondary N) is 2. The number of H-pyrrole nitrogens is 1. The van der Waals surface area contributed by atoms with Crippen molar-refractivity contribution in [3.63, 3.8) is 0 Å². The average Bonchev–Trinajstić information content (AvgIpc) is 3.11. The number of aliphatic hydroxyl groups is 1. The van der Waals surface area contributed by atoms with Gasteiger partial charge in [-0.1, -0.05) is 0 Å². The molecule has 7 heteroatoms. The van der Waals surface area contributed by atoms with Crippen LogP contribution in [0.2, 0.25) is 0 Å². The predicted octanol–water partition coefficient (Wildman–Crippen LogP) is -0.624. The van der Waals surface area contributed by atoms with Crippen molar-refractivity contribution in [2.75, 3.05) is 13.2 Å². The molecule has 0 radical (unpaired) electrons. The van der Waals surface area contributed by atoms with Crippen molar-refractivity contribution in [1.82, 2.24) is 15.5 Å². The highest BCUT2D eigenvalue weighted by molar-refractivity contribution is 5.76. The Balaban J connectivity index is 1.41. The van der Waals surface area contributed by atoms with Gasteiger partial charge in [0, 0.05) is 12.6 Å². The van der Waals surface area contributed by atoms with Crippen LogP contribution in [0.15, 0.2) is 12.4 Å². The summed E-state index contributed by atoms with van der Waals surface area (Å²) in [6.07, 6.45) is 4.56. The first kappa shape index (κ1) is 13.5. The Hall–Kier alpha value is -1.44. The van der Waals surface area contributed by atoms with Gasteiger partial charge in [0.2, 0.25) is 5.91 Å². The predicted molar refractivity (Wildman–Crippen MR) is 68.9 cm³/mol. The second kappa shape index (κ2) is 5.90. The molecule has 3 heterocycles. The van der Waals surface area contributed by atoms with E-state index < -0.39 is 6.10 Å². The van der Waals surface area contributed by atoms with Gasteiger partial charge in [-0.15, -0.1) is 0 Å². The van der Waals surface area contributed by atoms with E-state index in [2.05, 4.69) is 15.5 Å². The summed E-state index contributed by atoms with van der Waals surface area (Å²) < 4.78 is 10.9. The van der Waals surface area contributed by atoms with Gasteiger partial charge in [-0.3, -0.25) is 9.89 Å². The average molecular weight is 281 g/mol. The molecule has 0 aromatic carbocycles. The number of carbonyl (C=O) groups is 1. The number of ether oxygens (including phenoxy) is 2. The van der Waals surface area contributed by atoms with Gasteiger partial charge in [0.1, 0.15) is 18.3 Å². The van der Waals surface area contributed by atoms with Crippen LogP contribution in [-0.2, 0) is 20.7 Å². The highest BCUT2D eigenvalue weighted by atomic mass is 16.6. The fourth-order valence-electron chi connectivity index (χ4n) is 2.75. The van der Waals surface area contributed by atoms with Crippen LogP contribution in [0.25, 0.3) is 0 Å². The minimum Gasteiger partial charge on any atom is -0.388 e. The molecule has 1 aromatic heterocycles. The molecule has 0 spiro atoms. The maximum atomic E-state index is 11.9. The fourth-order valence-corrected chi connectivity index (χ4v) is 2.75. The van der Waals surface area contributed by atoms with Gasteiger partial charge >= 0.3 is 0 Å². The summed E-state index contributed by atoms with van der Waals surface area (Å²) in [6.45, 7) is 0.683. The number of aliphatic hydroxyl groups excluding tert-OH is 1. The lowest BCUT2D eigenvalue weighted by atomic mass is 10.1. The van der Waals surface area contributed by atoms with E-state index in [1.165, 1.54) is 0 Å². The number of rotatable bonds is 5. The van der Waals surface area contributed by atoms with Crippen molar-refractivity contribution < 1.29 is 19.4 Å². The molecular formula is C13H19N3O4. The summed E-state index contributed by atoms with van der Waals surface area (Å²) in [5.41, 5.74) is 1.10. The molecule has 3 N–H and O–H groups in total. The lowest BCUT2D eigenvalue weighted by Gasteiger charge is -2.17. The highest BCUT2D eigenvalue weighted by Gasteiger charge is 2.47. The van der Waals surface area contributed by atoms with Gasteiger partial charge in [0.15, 0.2) is 0 Å². The molecule has 1 amide bonds. The molecule has 1 aromatic rings. The van der Waals surface area contributed by atoms with Gasteiger partial charge in [-0.25, -0.2) is 0 Å². The Kier molecular flexibility index (Phi) is 4.00. The number of carbonyl (C=O) groups excluding carboxylic acids is 1. The molecule has 2 saturated heterocycles. The van der Waals surface area contributed by atoms with Crippen LogP contribution in [0, 0.1) is 0 Å². The van der Waals surface area contributed by atoms with E-state index in [1.807, 2.05) is 6.20 Å². The fraction of sp³-hybridized carbons (Fsp3) is 0.692. The van der Waals surface area contributed by atoms with Gasteiger partial charge in [-0.2, -0.15) is 5.10 Å². The second-order valence-electron chi connectivity index (χ2n) is 5.30. The summed E-state index contributed by atoms with van der Waals surface area (Å²) in [7, 11) is 0. The quantitative estimate of drug-likeness (QED) is 0.668. The Morgan fingerprint density at radius 2 is 2.30 bits per heavy atom. The van der Waals surface area contributed by atoms with Crippen LogP contribution in [0.4, 0.5) is 0 Å². The van der Waals surface area contributed by atoms with E-state index in [9.17, 15) is 9.90 Å². The number of aromatic nitrogens is 2. The Morgan fingerprint density at radius 3 is 3.10 bits per heavy atom. The number of hydrogen-bond donors (Lipinski definition) is 3. The number of aromatic amines is 1. The minimum absolute atomic E-state index is 0.00673. The van der Waals surface area contributed by atoms with E-state index in [4.69, 9.17) is 9.47 Å².